The van der Waals surface area contributed by atoms with E-state index >= 15 is 0 Å². The van der Waals surface area contributed by atoms with Gasteiger partial charge in [0.15, 0.2) is 0 Å². The lowest BCUT2D eigenvalue weighted by Gasteiger charge is -2.34. The summed E-state index contributed by atoms with van der Waals surface area (Å²) in [5.41, 5.74) is -2.71. The number of carboxylic acids is 1. The Hall–Kier alpha value is -2.12. The maximum Gasteiger partial charge on any atom is 0.416 e. The Kier molecular flexibility index (Phi) is 5.15. The van der Waals surface area contributed by atoms with E-state index in [0.717, 1.165) is 18.6 Å². The third-order valence-corrected chi connectivity index (χ3v) is 4.24. The van der Waals surface area contributed by atoms with E-state index in [2.05, 4.69) is 5.32 Å². The van der Waals surface area contributed by atoms with Crippen molar-refractivity contribution in [1.29, 1.82) is 0 Å². The molecule has 132 valence electrons. The predicted molar refractivity (Wildman–Crippen MR) is 76.9 cm³/mol. The first kappa shape index (κ1) is 18.2. The Balaban J connectivity index is 2.12. The van der Waals surface area contributed by atoms with Crippen LogP contribution in [0.1, 0.15) is 49.4 Å². The molecule has 2 rings (SSSR count). The average Bonchev–Trinajstić information content (AvgIpc) is 2.54. The van der Waals surface area contributed by atoms with E-state index in [-0.39, 0.29) is 18.4 Å². The number of nitrogens with one attached hydrogen (secondary N) is 1. The van der Waals surface area contributed by atoms with Crippen LogP contribution in [0.3, 0.4) is 0 Å². The van der Waals surface area contributed by atoms with Gasteiger partial charge in [-0.15, -0.1) is 0 Å². The number of alkyl halides is 4. The molecule has 24 heavy (non-hydrogen) atoms. The monoisotopic (exact) mass is 347 g/mol. The molecule has 1 saturated carbocycles. The fraction of sp³-hybridized carbons (Fsp3) is 0.500. The second kappa shape index (κ2) is 6.78. The van der Waals surface area contributed by atoms with Gasteiger partial charge in [-0.2, -0.15) is 13.2 Å². The summed E-state index contributed by atoms with van der Waals surface area (Å²) in [5, 5.41) is 11.6. The summed E-state index contributed by atoms with van der Waals surface area (Å²) in [6.45, 7) is 0. The van der Waals surface area contributed by atoms with Crippen LogP contribution < -0.4 is 5.32 Å². The highest BCUT2D eigenvalue weighted by molar-refractivity contribution is 5.89. The topological polar surface area (TPSA) is 66.4 Å². The van der Waals surface area contributed by atoms with Crippen molar-refractivity contribution in [3.8, 4) is 0 Å². The highest BCUT2D eigenvalue weighted by Crippen LogP contribution is 2.32. The number of hydrogen-bond donors (Lipinski definition) is 2. The number of hydrogen-bond acceptors (Lipinski definition) is 2. The summed E-state index contributed by atoms with van der Waals surface area (Å²) in [7, 11) is 0. The molecule has 0 aliphatic heterocycles. The van der Waals surface area contributed by atoms with Gasteiger partial charge in [-0.25, -0.2) is 9.18 Å². The van der Waals surface area contributed by atoms with E-state index in [1.165, 1.54) is 0 Å². The fourth-order valence-electron chi connectivity index (χ4n) is 2.84. The second-order valence-corrected chi connectivity index (χ2v) is 5.92. The lowest BCUT2D eigenvalue weighted by Crippen LogP contribution is -2.56. The number of halogens is 4. The minimum atomic E-state index is -4.55. The van der Waals surface area contributed by atoms with Crippen LogP contribution >= 0.6 is 0 Å². The van der Waals surface area contributed by atoms with Crippen molar-refractivity contribution in [2.24, 2.45) is 0 Å². The van der Waals surface area contributed by atoms with Crippen molar-refractivity contribution in [2.45, 2.75) is 50.0 Å². The van der Waals surface area contributed by atoms with Gasteiger partial charge >= 0.3 is 12.1 Å². The van der Waals surface area contributed by atoms with Gasteiger partial charge in [0.2, 0.25) is 6.17 Å². The summed E-state index contributed by atoms with van der Waals surface area (Å²) in [5.74, 6) is -2.38. The van der Waals surface area contributed by atoms with Crippen LogP contribution in [-0.4, -0.2) is 22.5 Å². The number of aliphatic carboxylic acids is 1. The Morgan fingerprint density at radius 1 is 1.08 bits per heavy atom. The third kappa shape index (κ3) is 3.85. The smallest absolute Gasteiger partial charge is 0.416 e. The van der Waals surface area contributed by atoms with Gasteiger partial charge < -0.3 is 10.4 Å². The molecule has 8 heteroatoms. The maximum atomic E-state index is 14.3. The summed E-state index contributed by atoms with van der Waals surface area (Å²) in [6, 6.07) is 3.12. The van der Waals surface area contributed by atoms with Crippen molar-refractivity contribution < 1.29 is 32.3 Å². The van der Waals surface area contributed by atoms with Gasteiger partial charge in [0.25, 0.3) is 5.91 Å². The van der Waals surface area contributed by atoms with Crippen molar-refractivity contribution in [2.75, 3.05) is 0 Å². The molecule has 0 aromatic heterocycles. The Bertz CT molecular complexity index is 607. The number of carboxylic acid groups (broad SMARTS) is 1. The first-order chi connectivity index (χ1) is 11.2. The second-order valence-electron chi connectivity index (χ2n) is 5.92. The highest BCUT2D eigenvalue weighted by Gasteiger charge is 2.42. The quantitative estimate of drug-likeness (QED) is 0.818. The van der Waals surface area contributed by atoms with Crippen molar-refractivity contribution in [3.63, 3.8) is 0 Å². The van der Waals surface area contributed by atoms with E-state index in [4.69, 9.17) is 0 Å². The summed E-state index contributed by atoms with van der Waals surface area (Å²) in [6.07, 6.45) is -4.34. The molecule has 0 bridgehead atoms. The van der Waals surface area contributed by atoms with Gasteiger partial charge in [0.05, 0.1) is 5.56 Å². The van der Waals surface area contributed by atoms with E-state index in [1.54, 1.807) is 0 Å². The summed E-state index contributed by atoms with van der Waals surface area (Å²) in [4.78, 5) is 23.5. The summed E-state index contributed by atoms with van der Waals surface area (Å²) < 4.78 is 51.7. The summed E-state index contributed by atoms with van der Waals surface area (Å²) >= 11 is 0. The molecule has 1 atom stereocenters. The van der Waals surface area contributed by atoms with Crippen LogP contribution in [0, 0.1) is 0 Å². The third-order valence-electron chi connectivity index (χ3n) is 4.24. The van der Waals surface area contributed by atoms with Crippen molar-refractivity contribution >= 4 is 11.9 Å². The molecule has 0 saturated heterocycles. The van der Waals surface area contributed by atoms with Crippen molar-refractivity contribution in [3.05, 3.63) is 35.4 Å². The molecule has 1 fully saturated rings. The molecule has 0 heterocycles. The molecule has 0 spiro atoms. The van der Waals surface area contributed by atoms with Crippen LogP contribution in [0.15, 0.2) is 24.3 Å². The average molecular weight is 347 g/mol. The Labute approximate surface area is 135 Å². The highest BCUT2D eigenvalue weighted by atomic mass is 19.4. The molecule has 1 amide bonds. The van der Waals surface area contributed by atoms with E-state index in [1.807, 2.05) is 0 Å². The lowest BCUT2D eigenvalue weighted by molar-refractivity contribution is -0.150. The minimum absolute atomic E-state index is 0.202. The van der Waals surface area contributed by atoms with Crippen molar-refractivity contribution in [1.82, 2.24) is 5.32 Å². The van der Waals surface area contributed by atoms with E-state index in [9.17, 15) is 32.3 Å². The molecule has 4 nitrogen and oxygen atoms in total. The van der Waals surface area contributed by atoms with Gasteiger partial charge in [0.1, 0.15) is 5.54 Å². The van der Waals surface area contributed by atoms with E-state index in [0.29, 0.717) is 25.0 Å². The van der Waals surface area contributed by atoms with Crippen LogP contribution in [-0.2, 0) is 15.8 Å². The van der Waals surface area contributed by atoms with E-state index < -0.39 is 35.3 Å². The first-order valence-corrected chi connectivity index (χ1v) is 7.52. The van der Waals surface area contributed by atoms with Crippen LogP contribution in [0.2, 0.25) is 0 Å². The number of benzene rings is 1. The minimum Gasteiger partial charge on any atom is -0.480 e. The molecule has 0 radical (unpaired) electrons. The lowest BCUT2D eigenvalue weighted by atomic mass is 9.81. The van der Waals surface area contributed by atoms with Crippen LogP contribution in [0.5, 0.6) is 0 Å². The van der Waals surface area contributed by atoms with Gasteiger partial charge in [-0.05, 0) is 30.5 Å². The van der Waals surface area contributed by atoms with Gasteiger partial charge in [-0.1, -0.05) is 31.4 Å². The number of rotatable bonds is 4. The van der Waals surface area contributed by atoms with Gasteiger partial charge in [0, 0.05) is 0 Å². The largest absolute Gasteiger partial charge is 0.480 e. The first-order valence-electron chi connectivity index (χ1n) is 7.52. The molecule has 1 aromatic carbocycles. The zero-order valence-corrected chi connectivity index (χ0v) is 12.7. The van der Waals surface area contributed by atoms with Gasteiger partial charge in [-0.3, -0.25) is 4.79 Å². The standard InChI is InChI=1S/C16H17F4NO3/c17-12(10-4-6-11(7-5-10)16(18,19)20)13(22)21-15(14(23)24)8-2-1-3-9-15/h4-7,12H,1-3,8-9H2,(H,21,22)(H,23,24). The molecule has 1 unspecified atom stereocenters. The maximum absolute atomic E-state index is 14.3. The zero-order valence-electron chi connectivity index (χ0n) is 12.7. The molecule has 1 aliphatic carbocycles. The predicted octanol–water partition coefficient (Wildman–Crippen LogP) is 3.62. The SMILES string of the molecule is O=C(NC1(C(=O)O)CCCCC1)C(F)c1ccc(C(F)(F)F)cc1. The van der Waals surface area contributed by atoms with Crippen LogP contribution in [0.25, 0.3) is 0 Å². The number of carbonyl (C=O) groups excluding carboxylic acids is 1. The zero-order chi connectivity index (χ0) is 18.0. The molecular weight excluding hydrogens is 330 g/mol. The fourth-order valence-corrected chi connectivity index (χ4v) is 2.84. The van der Waals surface area contributed by atoms with Crippen LogP contribution in [0.4, 0.5) is 17.6 Å². The molecule has 2 N–H and O–H groups in total. The molecule has 1 aromatic rings. The normalized spacial score (nSPS) is 18.7. The molecular formula is C16H17F4NO3. The molecule has 1 aliphatic rings. The number of carbonyl (C=O) groups is 2. The Morgan fingerprint density at radius 2 is 1.62 bits per heavy atom. The Morgan fingerprint density at radius 3 is 2.08 bits per heavy atom. The number of amides is 1.